The van der Waals surface area contributed by atoms with Crippen LogP contribution in [0.25, 0.3) is 0 Å². The zero-order chi connectivity index (χ0) is 14.7. The Morgan fingerprint density at radius 1 is 1.30 bits per heavy atom. The Morgan fingerprint density at radius 3 is 2.65 bits per heavy atom. The monoisotopic (exact) mass is 314 g/mol. The first-order valence-corrected chi connectivity index (χ1v) is 6.09. The lowest BCUT2D eigenvalue weighted by Crippen LogP contribution is -2.19. The van der Waals surface area contributed by atoms with E-state index in [1.54, 1.807) is 12.1 Å². The fraction of sp³-hybridized carbons (Fsp3) is 0.0909. The van der Waals surface area contributed by atoms with E-state index in [4.69, 9.17) is 28.3 Å². The molecular weight excluding hydrogens is 307 g/mol. The third kappa shape index (κ3) is 3.46. The van der Waals surface area contributed by atoms with Gasteiger partial charge >= 0.3 is 5.97 Å². The first-order valence-electron chi connectivity index (χ1n) is 5.34. The first kappa shape index (κ1) is 14.3. The first-order chi connectivity index (χ1) is 9.45. The number of hydrogen-bond acceptors (Lipinski definition) is 4. The summed E-state index contributed by atoms with van der Waals surface area (Å²) in [6.45, 7) is -0.166. The highest BCUT2D eigenvalue weighted by Gasteiger charge is 2.11. The molecule has 0 radical (unpaired) electrons. The van der Waals surface area contributed by atoms with Gasteiger partial charge in [0.25, 0.3) is 0 Å². The number of nitrogens with zero attached hydrogens (tertiary/aromatic N) is 3. The van der Waals surface area contributed by atoms with E-state index in [-0.39, 0.29) is 12.2 Å². The second-order valence-corrected chi connectivity index (χ2v) is 4.60. The van der Waals surface area contributed by atoms with Crippen LogP contribution in [0.5, 0.6) is 0 Å². The molecule has 0 spiro atoms. The van der Waals surface area contributed by atoms with Crippen LogP contribution < -0.4 is 5.32 Å². The lowest BCUT2D eigenvalue weighted by Gasteiger charge is -2.05. The highest BCUT2D eigenvalue weighted by atomic mass is 35.5. The van der Waals surface area contributed by atoms with Gasteiger partial charge in [0.1, 0.15) is 6.54 Å². The van der Waals surface area contributed by atoms with Crippen LogP contribution >= 0.6 is 23.2 Å². The molecule has 2 aromatic rings. The number of carboxylic acids is 1. The number of rotatable bonds is 4. The van der Waals surface area contributed by atoms with Gasteiger partial charge in [-0.2, -0.15) is 0 Å². The number of benzene rings is 1. The van der Waals surface area contributed by atoms with E-state index in [0.29, 0.717) is 15.7 Å². The molecule has 2 N–H and O–H groups in total. The molecule has 1 amide bonds. The summed E-state index contributed by atoms with van der Waals surface area (Å²) in [5, 5.41) is 18.9. The Morgan fingerprint density at radius 2 is 2.05 bits per heavy atom. The molecule has 1 aromatic heterocycles. The average molecular weight is 315 g/mol. The Balaban J connectivity index is 2.01. The number of aromatic nitrogens is 3. The Labute approximate surface area is 123 Å². The van der Waals surface area contributed by atoms with Gasteiger partial charge in [-0.05, 0) is 18.2 Å². The van der Waals surface area contributed by atoms with E-state index < -0.39 is 11.9 Å². The van der Waals surface area contributed by atoms with Crippen molar-refractivity contribution in [1.29, 1.82) is 0 Å². The zero-order valence-electron chi connectivity index (χ0n) is 9.88. The van der Waals surface area contributed by atoms with Crippen LogP contribution in [0.2, 0.25) is 10.0 Å². The molecule has 0 aliphatic heterocycles. The van der Waals surface area contributed by atoms with E-state index in [1.165, 1.54) is 6.07 Å². The van der Waals surface area contributed by atoms with Gasteiger partial charge in [0.15, 0.2) is 5.69 Å². The molecule has 0 saturated carbocycles. The van der Waals surface area contributed by atoms with Gasteiger partial charge in [-0.1, -0.05) is 28.4 Å². The second kappa shape index (κ2) is 5.89. The number of carbonyl (C=O) groups excluding carboxylic acids is 1. The molecule has 104 valence electrons. The van der Waals surface area contributed by atoms with Gasteiger partial charge in [0, 0.05) is 5.69 Å². The van der Waals surface area contributed by atoms with Crippen molar-refractivity contribution >= 4 is 40.8 Å². The van der Waals surface area contributed by atoms with Crippen molar-refractivity contribution in [1.82, 2.24) is 15.0 Å². The second-order valence-electron chi connectivity index (χ2n) is 3.78. The van der Waals surface area contributed by atoms with Gasteiger partial charge in [-0.15, -0.1) is 5.10 Å². The minimum atomic E-state index is -1.21. The normalized spacial score (nSPS) is 10.3. The van der Waals surface area contributed by atoms with Crippen molar-refractivity contribution in [2.24, 2.45) is 0 Å². The maximum Gasteiger partial charge on any atom is 0.358 e. The van der Waals surface area contributed by atoms with Crippen molar-refractivity contribution in [2.45, 2.75) is 6.54 Å². The summed E-state index contributed by atoms with van der Waals surface area (Å²) < 4.78 is 1.12. The standard InChI is InChI=1S/C11H8Cl2N4O3/c12-7-2-1-6(3-8(7)13)14-10(18)5-17-4-9(11(19)20)15-16-17/h1-4H,5H2,(H,14,18)(H,19,20). The smallest absolute Gasteiger partial charge is 0.358 e. The third-order valence-electron chi connectivity index (χ3n) is 2.27. The Bertz CT molecular complexity index is 671. The summed E-state index contributed by atoms with van der Waals surface area (Å²) in [6.07, 6.45) is 1.16. The van der Waals surface area contributed by atoms with Gasteiger partial charge in [0.2, 0.25) is 5.91 Å². The van der Waals surface area contributed by atoms with Crippen LogP contribution in [0.3, 0.4) is 0 Å². The maximum atomic E-state index is 11.7. The molecular formula is C11H8Cl2N4O3. The summed E-state index contributed by atoms with van der Waals surface area (Å²) in [6, 6.07) is 4.65. The number of amides is 1. The van der Waals surface area contributed by atoms with E-state index in [1.807, 2.05) is 0 Å². The van der Waals surface area contributed by atoms with Crippen LogP contribution in [0.1, 0.15) is 10.5 Å². The predicted molar refractivity (Wildman–Crippen MR) is 72.1 cm³/mol. The predicted octanol–water partition coefficient (Wildman–Crippen LogP) is 1.92. The lowest BCUT2D eigenvalue weighted by molar-refractivity contribution is -0.116. The molecule has 0 fully saturated rings. The number of anilines is 1. The topological polar surface area (TPSA) is 97.1 Å². The molecule has 0 atom stereocenters. The van der Waals surface area contributed by atoms with Gasteiger partial charge < -0.3 is 10.4 Å². The van der Waals surface area contributed by atoms with E-state index in [0.717, 1.165) is 10.9 Å². The SMILES string of the molecule is O=C(Cn1cc(C(=O)O)nn1)Nc1ccc(Cl)c(Cl)c1. The largest absolute Gasteiger partial charge is 0.476 e. The Hall–Kier alpha value is -2.12. The van der Waals surface area contributed by atoms with Crippen LogP contribution in [-0.2, 0) is 11.3 Å². The Kier molecular flexibility index (Phi) is 4.21. The lowest BCUT2D eigenvalue weighted by atomic mass is 10.3. The van der Waals surface area contributed by atoms with E-state index >= 15 is 0 Å². The van der Waals surface area contributed by atoms with Gasteiger partial charge in [0.05, 0.1) is 16.2 Å². The molecule has 7 nitrogen and oxygen atoms in total. The number of carboxylic acid groups (broad SMARTS) is 1. The van der Waals surface area contributed by atoms with E-state index in [9.17, 15) is 9.59 Å². The van der Waals surface area contributed by atoms with Crippen molar-refractivity contribution in [3.8, 4) is 0 Å². The molecule has 0 unspecified atom stereocenters. The summed E-state index contributed by atoms with van der Waals surface area (Å²) in [4.78, 5) is 22.4. The van der Waals surface area contributed by atoms with Gasteiger partial charge in [-0.3, -0.25) is 4.79 Å². The molecule has 0 aliphatic carbocycles. The van der Waals surface area contributed by atoms with Crippen molar-refractivity contribution < 1.29 is 14.7 Å². The summed E-state index contributed by atoms with van der Waals surface area (Å²) >= 11 is 11.6. The highest BCUT2D eigenvalue weighted by molar-refractivity contribution is 6.42. The average Bonchev–Trinajstić information content (AvgIpc) is 2.82. The quantitative estimate of drug-likeness (QED) is 0.898. The highest BCUT2D eigenvalue weighted by Crippen LogP contribution is 2.24. The molecule has 0 aliphatic rings. The minimum absolute atomic E-state index is 0.166. The number of hydrogen-bond donors (Lipinski definition) is 2. The van der Waals surface area contributed by atoms with Crippen LogP contribution in [0.15, 0.2) is 24.4 Å². The van der Waals surface area contributed by atoms with Crippen molar-refractivity contribution in [2.75, 3.05) is 5.32 Å². The fourth-order valence-electron chi connectivity index (χ4n) is 1.40. The number of nitrogens with one attached hydrogen (secondary N) is 1. The van der Waals surface area contributed by atoms with Crippen LogP contribution in [-0.4, -0.2) is 32.0 Å². The molecule has 9 heteroatoms. The molecule has 0 saturated heterocycles. The zero-order valence-corrected chi connectivity index (χ0v) is 11.4. The van der Waals surface area contributed by atoms with Gasteiger partial charge in [-0.25, -0.2) is 9.48 Å². The fourth-order valence-corrected chi connectivity index (χ4v) is 1.69. The van der Waals surface area contributed by atoms with Crippen molar-refractivity contribution in [3.05, 3.63) is 40.1 Å². The molecule has 0 bridgehead atoms. The molecule has 2 rings (SSSR count). The minimum Gasteiger partial charge on any atom is -0.476 e. The third-order valence-corrected chi connectivity index (χ3v) is 3.01. The van der Waals surface area contributed by atoms with E-state index in [2.05, 4.69) is 15.6 Å². The number of aromatic carboxylic acids is 1. The summed E-state index contributed by atoms with van der Waals surface area (Å²) in [5.74, 6) is -1.61. The molecule has 20 heavy (non-hydrogen) atoms. The summed E-state index contributed by atoms with van der Waals surface area (Å²) in [5.41, 5.74) is 0.246. The molecule has 1 heterocycles. The number of carbonyl (C=O) groups is 2. The molecule has 1 aromatic carbocycles. The van der Waals surface area contributed by atoms with Crippen LogP contribution in [0, 0.1) is 0 Å². The van der Waals surface area contributed by atoms with Crippen LogP contribution in [0.4, 0.5) is 5.69 Å². The summed E-state index contributed by atoms with van der Waals surface area (Å²) in [7, 11) is 0. The number of halogens is 2. The van der Waals surface area contributed by atoms with Crippen molar-refractivity contribution in [3.63, 3.8) is 0 Å². The maximum absolute atomic E-state index is 11.7.